The minimum Gasteiger partial charge on any atom is -0.486 e. The van der Waals surface area contributed by atoms with Crippen LogP contribution in [0.2, 0.25) is 0 Å². The summed E-state index contributed by atoms with van der Waals surface area (Å²) in [6.45, 7) is 0.798. The van der Waals surface area contributed by atoms with E-state index in [1.54, 1.807) is 23.3 Å². The second-order valence-corrected chi connectivity index (χ2v) is 7.49. The minimum absolute atomic E-state index is 0.226. The fourth-order valence-electron chi connectivity index (χ4n) is 2.50. The van der Waals surface area contributed by atoms with E-state index in [-0.39, 0.29) is 12.1 Å². The van der Waals surface area contributed by atoms with Crippen molar-refractivity contribution in [2.24, 2.45) is 0 Å². The van der Waals surface area contributed by atoms with Crippen molar-refractivity contribution in [3.05, 3.63) is 41.1 Å². The molecule has 3 aromatic rings. The molecule has 134 valence electrons. The zero-order valence-electron chi connectivity index (χ0n) is 13.9. The first kappa shape index (κ1) is 16.8. The van der Waals surface area contributed by atoms with Crippen LogP contribution < -0.4 is 14.8 Å². The molecule has 1 N–H and O–H groups in total. The first-order valence-corrected chi connectivity index (χ1v) is 9.71. The highest BCUT2D eigenvalue weighted by molar-refractivity contribution is 7.19. The zero-order chi connectivity index (χ0) is 17.9. The van der Waals surface area contributed by atoms with Crippen molar-refractivity contribution in [2.45, 2.75) is 6.10 Å². The Hall–Kier alpha value is -2.65. The number of nitrogens with zero attached hydrogens (tertiary/aromatic N) is 3. The molecule has 0 fully saturated rings. The SMILES string of the molecule is CN(CC1COc2ccccc2O1)C(=O)Nc1nnc(-c2ccsc2)s1. The van der Waals surface area contributed by atoms with E-state index in [4.69, 9.17) is 9.47 Å². The van der Waals surface area contributed by atoms with E-state index in [1.807, 2.05) is 41.1 Å². The van der Waals surface area contributed by atoms with E-state index >= 15 is 0 Å². The van der Waals surface area contributed by atoms with Crippen LogP contribution in [0.5, 0.6) is 11.5 Å². The fourth-order valence-corrected chi connectivity index (χ4v) is 3.95. The number of thiophene rings is 1. The maximum atomic E-state index is 12.4. The lowest BCUT2D eigenvalue weighted by Crippen LogP contribution is -2.43. The second-order valence-electron chi connectivity index (χ2n) is 5.73. The third-order valence-electron chi connectivity index (χ3n) is 3.80. The summed E-state index contributed by atoms with van der Waals surface area (Å²) in [5.74, 6) is 1.42. The van der Waals surface area contributed by atoms with Gasteiger partial charge in [0, 0.05) is 18.0 Å². The summed E-state index contributed by atoms with van der Waals surface area (Å²) in [6.07, 6.45) is -0.226. The van der Waals surface area contributed by atoms with Crippen LogP contribution in [0.3, 0.4) is 0 Å². The molecular formula is C17H16N4O3S2. The van der Waals surface area contributed by atoms with E-state index in [9.17, 15) is 4.79 Å². The Bertz CT molecular complexity index is 897. The molecule has 1 aliphatic heterocycles. The molecule has 2 amide bonds. The van der Waals surface area contributed by atoms with Gasteiger partial charge in [-0.05, 0) is 23.6 Å². The number of likely N-dealkylation sites (N-methyl/N-ethyl adjacent to an activating group) is 1. The highest BCUT2D eigenvalue weighted by Gasteiger charge is 2.24. The molecule has 1 atom stereocenters. The summed E-state index contributed by atoms with van der Waals surface area (Å²) in [5.41, 5.74) is 1.01. The van der Waals surface area contributed by atoms with Crippen LogP contribution >= 0.6 is 22.7 Å². The van der Waals surface area contributed by atoms with Crippen LogP contribution in [0.25, 0.3) is 10.6 Å². The number of urea groups is 1. The first-order valence-electron chi connectivity index (χ1n) is 7.96. The molecule has 1 aromatic carbocycles. The van der Waals surface area contributed by atoms with Gasteiger partial charge in [-0.25, -0.2) is 4.79 Å². The quantitative estimate of drug-likeness (QED) is 0.739. The second kappa shape index (κ2) is 7.30. The zero-order valence-corrected chi connectivity index (χ0v) is 15.5. The van der Waals surface area contributed by atoms with Gasteiger partial charge in [0.05, 0.1) is 6.54 Å². The number of rotatable bonds is 4. The number of carbonyl (C=O) groups is 1. The summed E-state index contributed by atoms with van der Waals surface area (Å²) in [4.78, 5) is 13.9. The lowest BCUT2D eigenvalue weighted by molar-refractivity contribution is 0.0731. The topological polar surface area (TPSA) is 76.6 Å². The van der Waals surface area contributed by atoms with Gasteiger partial charge in [0.2, 0.25) is 5.13 Å². The summed E-state index contributed by atoms with van der Waals surface area (Å²) in [6, 6.07) is 9.22. The van der Waals surface area contributed by atoms with Gasteiger partial charge in [0.1, 0.15) is 11.6 Å². The number of amides is 2. The van der Waals surface area contributed by atoms with Crippen LogP contribution in [0.1, 0.15) is 0 Å². The Balaban J connectivity index is 1.34. The van der Waals surface area contributed by atoms with Crippen LogP contribution in [-0.2, 0) is 0 Å². The summed E-state index contributed by atoms with van der Waals surface area (Å²) < 4.78 is 11.6. The molecule has 7 nitrogen and oxygen atoms in total. The summed E-state index contributed by atoms with van der Waals surface area (Å²) in [7, 11) is 1.71. The Labute approximate surface area is 158 Å². The van der Waals surface area contributed by atoms with Gasteiger partial charge in [-0.1, -0.05) is 23.5 Å². The number of aromatic nitrogens is 2. The van der Waals surface area contributed by atoms with Gasteiger partial charge in [-0.3, -0.25) is 5.32 Å². The molecule has 3 heterocycles. The van der Waals surface area contributed by atoms with Crippen molar-refractivity contribution < 1.29 is 14.3 Å². The monoisotopic (exact) mass is 388 g/mol. The van der Waals surface area contributed by atoms with E-state index in [2.05, 4.69) is 15.5 Å². The molecule has 0 saturated heterocycles. The van der Waals surface area contributed by atoms with Crippen molar-refractivity contribution in [1.82, 2.24) is 15.1 Å². The van der Waals surface area contributed by atoms with E-state index in [0.717, 1.165) is 16.3 Å². The van der Waals surface area contributed by atoms with E-state index < -0.39 is 0 Å². The van der Waals surface area contributed by atoms with Gasteiger partial charge >= 0.3 is 6.03 Å². The summed E-state index contributed by atoms with van der Waals surface area (Å²) >= 11 is 2.94. The molecule has 4 rings (SSSR count). The molecule has 0 radical (unpaired) electrons. The van der Waals surface area contributed by atoms with Crippen molar-refractivity contribution >= 4 is 33.8 Å². The van der Waals surface area contributed by atoms with Crippen molar-refractivity contribution in [2.75, 3.05) is 25.5 Å². The van der Waals surface area contributed by atoms with Crippen molar-refractivity contribution in [3.63, 3.8) is 0 Å². The molecule has 1 unspecified atom stereocenters. The van der Waals surface area contributed by atoms with Crippen LogP contribution in [0, 0.1) is 0 Å². The highest BCUT2D eigenvalue weighted by Crippen LogP contribution is 2.31. The van der Waals surface area contributed by atoms with Gasteiger partial charge in [0.15, 0.2) is 17.6 Å². The number of carbonyl (C=O) groups excluding carboxylic acids is 1. The maximum Gasteiger partial charge on any atom is 0.323 e. The number of anilines is 1. The van der Waals surface area contributed by atoms with Crippen LogP contribution in [-0.4, -0.2) is 47.4 Å². The molecule has 1 aliphatic rings. The van der Waals surface area contributed by atoms with Gasteiger partial charge in [-0.15, -0.1) is 10.2 Å². The van der Waals surface area contributed by atoms with Gasteiger partial charge in [0.25, 0.3) is 0 Å². The maximum absolute atomic E-state index is 12.4. The molecule has 26 heavy (non-hydrogen) atoms. The Morgan fingerprint density at radius 3 is 2.96 bits per heavy atom. The molecule has 9 heteroatoms. The largest absolute Gasteiger partial charge is 0.486 e. The van der Waals surface area contributed by atoms with E-state index in [0.29, 0.717) is 24.0 Å². The number of hydrogen-bond donors (Lipinski definition) is 1. The lowest BCUT2D eigenvalue weighted by Gasteiger charge is -2.29. The average Bonchev–Trinajstić information content (AvgIpc) is 3.33. The molecule has 0 aliphatic carbocycles. The van der Waals surface area contributed by atoms with Gasteiger partial charge in [-0.2, -0.15) is 11.3 Å². The van der Waals surface area contributed by atoms with Gasteiger partial charge < -0.3 is 14.4 Å². The Morgan fingerprint density at radius 2 is 2.15 bits per heavy atom. The third kappa shape index (κ3) is 3.63. The predicted octanol–water partition coefficient (Wildman–Crippen LogP) is 3.57. The minimum atomic E-state index is -0.263. The van der Waals surface area contributed by atoms with Crippen LogP contribution in [0.4, 0.5) is 9.93 Å². The Morgan fingerprint density at radius 1 is 1.31 bits per heavy atom. The predicted molar refractivity (Wildman–Crippen MR) is 101 cm³/mol. The first-order chi connectivity index (χ1) is 12.7. The number of benzene rings is 1. The third-order valence-corrected chi connectivity index (χ3v) is 5.37. The number of nitrogens with one attached hydrogen (secondary N) is 1. The molecular weight excluding hydrogens is 372 g/mol. The number of ether oxygens (including phenoxy) is 2. The normalized spacial score (nSPS) is 15.5. The van der Waals surface area contributed by atoms with E-state index in [1.165, 1.54) is 11.3 Å². The molecule has 0 bridgehead atoms. The number of fused-ring (bicyclic) bond motifs is 1. The molecule has 2 aromatic heterocycles. The highest BCUT2D eigenvalue weighted by atomic mass is 32.1. The van der Waals surface area contributed by atoms with Crippen LogP contribution in [0.15, 0.2) is 41.1 Å². The number of hydrogen-bond acceptors (Lipinski definition) is 7. The average molecular weight is 388 g/mol. The fraction of sp³-hybridized carbons (Fsp3) is 0.235. The standard InChI is InChI=1S/C17H16N4O3S2/c1-21(8-12-9-23-13-4-2-3-5-14(13)24-12)17(22)18-16-20-19-15(26-16)11-6-7-25-10-11/h2-7,10,12H,8-9H2,1H3,(H,18,20,22). The number of para-hydroxylation sites is 2. The van der Waals surface area contributed by atoms with Crippen molar-refractivity contribution in [3.8, 4) is 22.1 Å². The summed E-state index contributed by atoms with van der Waals surface area (Å²) in [5, 5.41) is 16.1. The molecule has 0 saturated carbocycles. The van der Waals surface area contributed by atoms with Crippen molar-refractivity contribution in [1.29, 1.82) is 0 Å². The lowest BCUT2D eigenvalue weighted by atomic mass is 10.2. The Kier molecular flexibility index (Phi) is 4.72. The smallest absolute Gasteiger partial charge is 0.323 e. The molecule has 0 spiro atoms.